The first-order valence-corrected chi connectivity index (χ1v) is 12.4. The Bertz CT molecular complexity index is 1290. The maximum atomic E-state index is 12.4. The van der Waals surface area contributed by atoms with Gasteiger partial charge in [-0.05, 0) is 62.1 Å². The van der Waals surface area contributed by atoms with Gasteiger partial charge >= 0.3 is 0 Å². The SMILES string of the molecule is CCS(=O)(=O)c1ccc2c(c1)N(c1ncc(-c3cc(C(C)(C)O)ccn3)cn1)CC21CC1. The molecule has 2 aromatic heterocycles. The summed E-state index contributed by atoms with van der Waals surface area (Å²) in [6.07, 6.45) is 7.29. The van der Waals surface area contributed by atoms with Crippen LogP contribution in [0.25, 0.3) is 11.3 Å². The summed E-state index contributed by atoms with van der Waals surface area (Å²) >= 11 is 0. The van der Waals surface area contributed by atoms with Gasteiger partial charge < -0.3 is 10.0 Å². The van der Waals surface area contributed by atoms with E-state index in [0.29, 0.717) is 16.5 Å². The van der Waals surface area contributed by atoms with Crippen LogP contribution >= 0.6 is 0 Å². The van der Waals surface area contributed by atoms with Gasteiger partial charge in [0.05, 0.1) is 21.9 Å². The van der Waals surface area contributed by atoms with Crippen LogP contribution < -0.4 is 4.90 Å². The molecule has 32 heavy (non-hydrogen) atoms. The largest absolute Gasteiger partial charge is 0.386 e. The van der Waals surface area contributed by atoms with E-state index in [9.17, 15) is 13.5 Å². The fraction of sp³-hybridized carbons (Fsp3) is 0.375. The predicted octanol–water partition coefficient (Wildman–Crippen LogP) is 3.74. The van der Waals surface area contributed by atoms with Crippen molar-refractivity contribution < 1.29 is 13.5 Å². The molecule has 0 saturated heterocycles. The molecule has 1 spiro atoms. The molecule has 2 aliphatic rings. The van der Waals surface area contributed by atoms with E-state index in [1.807, 2.05) is 17.0 Å². The number of rotatable bonds is 5. The Morgan fingerprint density at radius 2 is 1.81 bits per heavy atom. The first-order chi connectivity index (χ1) is 15.1. The summed E-state index contributed by atoms with van der Waals surface area (Å²) in [5.41, 5.74) is 3.38. The van der Waals surface area contributed by atoms with Gasteiger partial charge in [-0.3, -0.25) is 4.98 Å². The number of nitrogens with zero attached hydrogens (tertiary/aromatic N) is 4. The third kappa shape index (κ3) is 3.47. The first kappa shape index (κ1) is 21.0. The van der Waals surface area contributed by atoms with Gasteiger partial charge in [-0.1, -0.05) is 13.0 Å². The van der Waals surface area contributed by atoms with Crippen LogP contribution in [0.15, 0.2) is 53.8 Å². The lowest BCUT2D eigenvalue weighted by Crippen LogP contribution is -2.21. The molecule has 8 heteroatoms. The summed E-state index contributed by atoms with van der Waals surface area (Å²) in [6, 6.07) is 9.09. The average molecular weight is 451 g/mol. The Labute approximate surface area is 188 Å². The van der Waals surface area contributed by atoms with Crippen LogP contribution in [0.1, 0.15) is 44.7 Å². The zero-order valence-corrected chi connectivity index (χ0v) is 19.2. The summed E-state index contributed by atoms with van der Waals surface area (Å²) < 4.78 is 24.9. The minimum atomic E-state index is -3.30. The van der Waals surface area contributed by atoms with Gasteiger partial charge in [0.2, 0.25) is 5.95 Å². The first-order valence-electron chi connectivity index (χ1n) is 10.8. The second-order valence-electron chi connectivity index (χ2n) is 9.21. The highest BCUT2D eigenvalue weighted by Crippen LogP contribution is 2.58. The minimum absolute atomic E-state index is 0.0683. The number of anilines is 2. The molecule has 0 atom stereocenters. The van der Waals surface area contributed by atoms with E-state index in [4.69, 9.17) is 0 Å². The Morgan fingerprint density at radius 1 is 1.09 bits per heavy atom. The van der Waals surface area contributed by atoms with Crippen molar-refractivity contribution in [1.29, 1.82) is 0 Å². The highest BCUT2D eigenvalue weighted by atomic mass is 32.2. The third-order valence-electron chi connectivity index (χ3n) is 6.53. The molecule has 1 aliphatic heterocycles. The zero-order chi connectivity index (χ0) is 22.7. The van der Waals surface area contributed by atoms with Gasteiger partial charge in [0.1, 0.15) is 0 Å². The van der Waals surface area contributed by atoms with Crippen molar-refractivity contribution in [3.05, 3.63) is 60.0 Å². The van der Waals surface area contributed by atoms with E-state index < -0.39 is 15.4 Å². The molecule has 0 bridgehead atoms. The van der Waals surface area contributed by atoms with E-state index in [-0.39, 0.29) is 11.2 Å². The number of pyridine rings is 1. The summed E-state index contributed by atoms with van der Waals surface area (Å²) in [5, 5.41) is 10.3. The van der Waals surface area contributed by atoms with Crippen molar-refractivity contribution in [2.24, 2.45) is 0 Å². The summed E-state index contributed by atoms with van der Waals surface area (Å²) in [7, 11) is -3.30. The highest BCUT2D eigenvalue weighted by molar-refractivity contribution is 7.91. The topological polar surface area (TPSA) is 96.3 Å². The predicted molar refractivity (Wildman–Crippen MR) is 123 cm³/mol. The number of aliphatic hydroxyl groups is 1. The molecule has 1 aliphatic carbocycles. The Hall–Kier alpha value is -2.84. The third-order valence-corrected chi connectivity index (χ3v) is 8.26. The van der Waals surface area contributed by atoms with Crippen LogP contribution in [-0.2, 0) is 20.9 Å². The van der Waals surface area contributed by atoms with E-state index in [2.05, 4.69) is 15.0 Å². The molecular formula is C24H26N4O3S. The molecule has 0 unspecified atom stereocenters. The van der Waals surface area contributed by atoms with Gasteiger partial charge in [0, 0.05) is 41.8 Å². The van der Waals surface area contributed by atoms with Crippen molar-refractivity contribution >= 4 is 21.5 Å². The Morgan fingerprint density at radius 3 is 2.44 bits per heavy atom. The van der Waals surface area contributed by atoms with Crippen molar-refractivity contribution in [2.45, 2.75) is 49.5 Å². The summed E-state index contributed by atoms with van der Waals surface area (Å²) in [6.45, 7) is 5.88. The summed E-state index contributed by atoms with van der Waals surface area (Å²) in [5.74, 6) is 0.613. The molecule has 166 valence electrons. The van der Waals surface area contributed by atoms with Crippen LogP contribution in [0.4, 0.5) is 11.6 Å². The van der Waals surface area contributed by atoms with Gasteiger partial charge in [0.15, 0.2) is 9.84 Å². The molecule has 3 aromatic rings. The average Bonchev–Trinajstić information content (AvgIpc) is 3.50. The number of sulfone groups is 1. The maximum absolute atomic E-state index is 12.4. The fourth-order valence-corrected chi connectivity index (χ4v) is 5.23. The normalized spacial score (nSPS) is 16.9. The van der Waals surface area contributed by atoms with Crippen LogP contribution in [-0.4, -0.2) is 40.8 Å². The van der Waals surface area contributed by atoms with Crippen molar-refractivity contribution in [2.75, 3.05) is 17.2 Å². The van der Waals surface area contributed by atoms with Gasteiger partial charge in [-0.15, -0.1) is 0 Å². The number of hydrogen-bond donors (Lipinski definition) is 1. The number of fused-ring (bicyclic) bond motifs is 2. The second kappa shape index (κ2) is 7.08. The number of benzene rings is 1. The lowest BCUT2D eigenvalue weighted by Gasteiger charge is -2.19. The zero-order valence-electron chi connectivity index (χ0n) is 18.4. The molecule has 3 heterocycles. The standard InChI is InChI=1S/C24H26N4O3S/c1-4-32(30,31)18-5-6-19-21(12-18)28(15-24(19)8-9-24)22-26-13-16(14-27-22)20-11-17(7-10-25-20)23(2,3)29/h5-7,10-14,29H,4,8-9,15H2,1-3H3. The van der Waals surface area contributed by atoms with Crippen molar-refractivity contribution in [1.82, 2.24) is 15.0 Å². The molecule has 1 saturated carbocycles. The van der Waals surface area contributed by atoms with Gasteiger partial charge in [-0.25, -0.2) is 18.4 Å². The lowest BCUT2D eigenvalue weighted by atomic mass is 9.98. The Balaban J connectivity index is 1.50. The van der Waals surface area contributed by atoms with Crippen molar-refractivity contribution in [3.8, 4) is 11.3 Å². The number of hydrogen-bond acceptors (Lipinski definition) is 7. The summed E-state index contributed by atoms with van der Waals surface area (Å²) in [4.78, 5) is 16.0. The molecule has 7 nitrogen and oxygen atoms in total. The molecule has 1 N–H and O–H groups in total. The molecule has 1 aromatic carbocycles. The van der Waals surface area contributed by atoms with E-state index in [0.717, 1.165) is 36.2 Å². The number of aromatic nitrogens is 3. The molecule has 0 amide bonds. The van der Waals surface area contributed by atoms with Gasteiger partial charge in [0.25, 0.3) is 0 Å². The van der Waals surface area contributed by atoms with E-state index in [1.165, 1.54) is 5.56 Å². The lowest BCUT2D eigenvalue weighted by molar-refractivity contribution is 0.0785. The quantitative estimate of drug-likeness (QED) is 0.632. The highest BCUT2D eigenvalue weighted by Gasteiger charge is 2.52. The maximum Gasteiger partial charge on any atom is 0.229 e. The second-order valence-corrected chi connectivity index (χ2v) is 11.5. The minimum Gasteiger partial charge on any atom is -0.386 e. The van der Waals surface area contributed by atoms with Crippen LogP contribution in [0.5, 0.6) is 0 Å². The van der Waals surface area contributed by atoms with Gasteiger partial charge in [-0.2, -0.15) is 0 Å². The molecule has 5 rings (SSSR count). The van der Waals surface area contributed by atoms with Crippen LogP contribution in [0.3, 0.4) is 0 Å². The monoisotopic (exact) mass is 450 g/mol. The van der Waals surface area contributed by atoms with E-state index >= 15 is 0 Å². The fourth-order valence-electron chi connectivity index (χ4n) is 4.33. The van der Waals surface area contributed by atoms with Crippen molar-refractivity contribution in [3.63, 3.8) is 0 Å². The molecule has 1 fully saturated rings. The molecule has 0 radical (unpaired) electrons. The Kier molecular flexibility index (Phi) is 4.65. The molecular weight excluding hydrogens is 424 g/mol. The van der Waals surface area contributed by atoms with Crippen LogP contribution in [0.2, 0.25) is 0 Å². The van der Waals surface area contributed by atoms with E-state index in [1.54, 1.807) is 57.6 Å². The van der Waals surface area contributed by atoms with Crippen LogP contribution in [0, 0.1) is 0 Å². The smallest absolute Gasteiger partial charge is 0.229 e.